The standard InChI is InChI=1S/C10H10FIN2O3S/c11-18(16,17)6-7-4-9(15)14(5-7)8-2-1-3-13-10(8)12/h1-3,7H,4-6H2. The summed E-state index contributed by atoms with van der Waals surface area (Å²) in [7, 11) is -4.54. The van der Waals surface area contributed by atoms with Crippen molar-refractivity contribution >= 4 is 44.4 Å². The number of carbonyl (C=O) groups excluding carboxylic acids is 1. The molecule has 1 atom stereocenters. The van der Waals surface area contributed by atoms with Crippen molar-refractivity contribution in [2.45, 2.75) is 6.42 Å². The Kier molecular flexibility index (Phi) is 3.85. The number of aromatic nitrogens is 1. The van der Waals surface area contributed by atoms with Gasteiger partial charge in [0.2, 0.25) is 5.91 Å². The molecule has 0 N–H and O–H groups in total. The van der Waals surface area contributed by atoms with Crippen molar-refractivity contribution < 1.29 is 17.1 Å². The molecule has 1 saturated heterocycles. The van der Waals surface area contributed by atoms with Crippen molar-refractivity contribution in [2.75, 3.05) is 17.2 Å². The van der Waals surface area contributed by atoms with Gasteiger partial charge in [-0.25, -0.2) is 4.98 Å². The van der Waals surface area contributed by atoms with Gasteiger partial charge in [0.15, 0.2) is 0 Å². The number of pyridine rings is 1. The number of carbonyl (C=O) groups is 1. The van der Waals surface area contributed by atoms with Crippen molar-refractivity contribution in [1.82, 2.24) is 4.98 Å². The van der Waals surface area contributed by atoms with E-state index in [0.717, 1.165) is 0 Å². The first kappa shape index (κ1) is 13.7. The van der Waals surface area contributed by atoms with E-state index in [1.54, 1.807) is 18.3 Å². The fraction of sp³-hybridized carbons (Fsp3) is 0.400. The molecule has 1 aromatic heterocycles. The highest BCUT2D eigenvalue weighted by molar-refractivity contribution is 14.1. The van der Waals surface area contributed by atoms with Crippen molar-refractivity contribution in [3.8, 4) is 0 Å². The van der Waals surface area contributed by atoms with Gasteiger partial charge in [-0.1, -0.05) is 0 Å². The van der Waals surface area contributed by atoms with Crippen LogP contribution in [0, 0.1) is 9.62 Å². The largest absolute Gasteiger partial charge is 0.310 e. The molecule has 8 heteroatoms. The quantitative estimate of drug-likeness (QED) is 0.448. The zero-order valence-corrected chi connectivity index (χ0v) is 12.2. The molecule has 1 aliphatic heterocycles. The van der Waals surface area contributed by atoms with Crippen LogP contribution in [0.4, 0.5) is 9.57 Å². The van der Waals surface area contributed by atoms with Gasteiger partial charge in [-0.05, 0) is 34.7 Å². The van der Waals surface area contributed by atoms with Crippen LogP contribution in [0.5, 0.6) is 0 Å². The normalized spacial score (nSPS) is 20.4. The molecule has 18 heavy (non-hydrogen) atoms. The van der Waals surface area contributed by atoms with Crippen LogP contribution in [0.1, 0.15) is 6.42 Å². The molecular formula is C10H10FIN2O3S. The average molecular weight is 384 g/mol. The molecule has 2 heterocycles. The molecule has 1 aromatic rings. The predicted molar refractivity (Wildman–Crippen MR) is 72.3 cm³/mol. The molecule has 0 aromatic carbocycles. The van der Waals surface area contributed by atoms with Crippen molar-refractivity contribution in [3.05, 3.63) is 22.0 Å². The summed E-state index contributed by atoms with van der Waals surface area (Å²) in [6, 6.07) is 3.43. The molecule has 0 radical (unpaired) electrons. The van der Waals surface area contributed by atoms with Crippen LogP contribution < -0.4 is 4.90 Å². The Hall–Kier alpha value is -0.770. The van der Waals surface area contributed by atoms with Gasteiger partial charge in [0.25, 0.3) is 0 Å². The number of rotatable bonds is 3. The first-order valence-corrected chi connectivity index (χ1v) is 7.83. The summed E-state index contributed by atoms with van der Waals surface area (Å²) in [5.41, 5.74) is 0.641. The molecule has 5 nitrogen and oxygen atoms in total. The summed E-state index contributed by atoms with van der Waals surface area (Å²) >= 11 is 2.00. The zero-order chi connectivity index (χ0) is 13.3. The predicted octanol–water partition coefficient (Wildman–Crippen LogP) is 1.34. The van der Waals surface area contributed by atoms with Crippen LogP contribution in [0.15, 0.2) is 18.3 Å². The summed E-state index contributed by atoms with van der Waals surface area (Å²) in [6.07, 6.45) is 1.66. The molecule has 1 fully saturated rings. The van der Waals surface area contributed by atoms with E-state index in [2.05, 4.69) is 4.98 Å². The van der Waals surface area contributed by atoms with E-state index in [9.17, 15) is 17.1 Å². The lowest BCUT2D eigenvalue weighted by molar-refractivity contribution is -0.117. The lowest BCUT2D eigenvalue weighted by atomic mass is 10.1. The Morgan fingerprint density at radius 3 is 2.89 bits per heavy atom. The van der Waals surface area contributed by atoms with Crippen LogP contribution in [-0.2, 0) is 15.0 Å². The maximum atomic E-state index is 12.6. The number of hydrogen-bond acceptors (Lipinski definition) is 4. The molecule has 2 rings (SSSR count). The van der Waals surface area contributed by atoms with Gasteiger partial charge >= 0.3 is 10.2 Å². The SMILES string of the molecule is O=C1CC(CS(=O)(=O)F)CN1c1cccnc1I. The van der Waals surface area contributed by atoms with Crippen molar-refractivity contribution in [1.29, 1.82) is 0 Å². The lowest BCUT2D eigenvalue weighted by Gasteiger charge is -2.17. The Morgan fingerprint density at radius 1 is 1.56 bits per heavy atom. The molecule has 1 unspecified atom stereocenters. The molecule has 0 bridgehead atoms. The fourth-order valence-electron chi connectivity index (χ4n) is 1.99. The molecule has 1 amide bonds. The van der Waals surface area contributed by atoms with E-state index >= 15 is 0 Å². The van der Waals surface area contributed by atoms with Gasteiger partial charge in [-0.15, -0.1) is 3.89 Å². The summed E-state index contributed by atoms with van der Waals surface area (Å²) < 4.78 is 34.5. The molecule has 1 aliphatic rings. The number of halogens is 2. The highest BCUT2D eigenvalue weighted by Gasteiger charge is 2.34. The molecule has 0 saturated carbocycles. The third-order valence-corrected chi connectivity index (χ3v) is 4.37. The second-order valence-electron chi connectivity index (χ2n) is 4.09. The number of anilines is 1. The van der Waals surface area contributed by atoms with E-state index in [4.69, 9.17) is 0 Å². The van der Waals surface area contributed by atoms with Crippen molar-refractivity contribution in [3.63, 3.8) is 0 Å². The maximum absolute atomic E-state index is 12.6. The Morgan fingerprint density at radius 2 is 2.28 bits per heavy atom. The minimum atomic E-state index is -4.54. The average Bonchev–Trinajstić information content (AvgIpc) is 2.57. The minimum Gasteiger partial charge on any atom is -0.310 e. The topological polar surface area (TPSA) is 67.3 Å². The van der Waals surface area contributed by atoms with Crippen LogP contribution in [0.25, 0.3) is 0 Å². The monoisotopic (exact) mass is 384 g/mol. The van der Waals surface area contributed by atoms with Crippen LogP contribution in [-0.4, -0.2) is 31.6 Å². The third-order valence-electron chi connectivity index (χ3n) is 2.67. The first-order chi connectivity index (χ1) is 8.37. The van der Waals surface area contributed by atoms with Gasteiger partial charge < -0.3 is 4.90 Å². The van der Waals surface area contributed by atoms with Gasteiger partial charge in [0.05, 0.1) is 11.4 Å². The van der Waals surface area contributed by atoms with Gasteiger partial charge in [-0.2, -0.15) is 8.42 Å². The summed E-state index contributed by atoms with van der Waals surface area (Å²) in [4.78, 5) is 17.3. The molecule has 98 valence electrons. The van der Waals surface area contributed by atoms with Crippen molar-refractivity contribution in [2.24, 2.45) is 5.92 Å². The Balaban J connectivity index is 2.18. The minimum absolute atomic E-state index is 0.0497. The second kappa shape index (κ2) is 5.08. The van der Waals surface area contributed by atoms with Crippen LogP contribution in [0.2, 0.25) is 0 Å². The Bertz CT molecular complexity index is 578. The van der Waals surface area contributed by atoms with E-state index in [1.165, 1.54) is 4.90 Å². The first-order valence-electron chi connectivity index (χ1n) is 5.20. The number of nitrogens with zero attached hydrogens (tertiary/aromatic N) is 2. The molecule has 0 aliphatic carbocycles. The van der Waals surface area contributed by atoms with E-state index in [-0.39, 0.29) is 18.9 Å². The highest BCUT2D eigenvalue weighted by atomic mass is 127. The molecule has 0 spiro atoms. The number of amides is 1. The Labute approximate surface area is 118 Å². The van der Waals surface area contributed by atoms with E-state index in [0.29, 0.717) is 9.39 Å². The summed E-state index contributed by atoms with van der Waals surface area (Å²) in [5, 5.41) is 0. The zero-order valence-electron chi connectivity index (χ0n) is 9.21. The highest BCUT2D eigenvalue weighted by Crippen LogP contribution is 2.28. The van der Waals surface area contributed by atoms with Crippen LogP contribution in [0.3, 0.4) is 0 Å². The van der Waals surface area contributed by atoms with Gasteiger partial charge in [-0.3, -0.25) is 4.79 Å². The van der Waals surface area contributed by atoms with Crippen LogP contribution >= 0.6 is 22.6 Å². The lowest BCUT2D eigenvalue weighted by Crippen LogP contribution is -2.26. The van der Waals surface area contributed by atoms with Gasteiger partial charge in [0.1, 0.15) is 3.70 Å². The number of hydrogen-bond donors (Lipinski definition) is 0. The van der Waals surface area contributed by atoms with Gasteiger partial charge in [0, 0.05) is 25.1 Å². The molecular weight excluding hydrogens is 374 g/mol. The summed E-state index contributed by atoms with van der Waals surface area (Å²) in [5.74, 6) is -1.30. The smallest absolute Gasteiger partial charge is 0.302 e. The van der Waals surface area contributed by atoms with E-state index < -0.39 is 21.9 Å². The maximum Gasteiger partial charge on any atom is 0.302 e. The third kappa shape index (κ3) is 3.16. The van der Waals surface area contributed by atoms with E-state index in [1.807, 2.05) is 22.6 Å². The second-order valence-corrected chi connectivity index (χ2v) is 6.53. The summed E-state index contributed by atoms with van der Waals surface area (Å²) in [6.45, 7) is 0.212. The fourth-order valence-corrected chi connectivity index (χ4v) is 3.40.